The summed E-state index contributed by atoms with van der Waals surface area (Å²) in [5.41, 5.74) is 11.5. The van der Waals surface area contributed by atoms with Gasteiger partial charge in [0.15, 0.2) is 0 Å². The molecule has 0 aromatic heterocycles. The smallest absolute Gasteiger partial charge is 0.325 e. The molecule has 1 aliphatic heterocycles. The molecule has 1 aliphatic rings. The minimum atomic E-state index is -1.16. The zero-order valence-corrected chi connectivity index (χ0v) is 17.5. The molecule has 0 bridgehead atoms. The number of hydrogen-bond acceptors (Lipinski definition) is 6. The summed E-state index contributed by atoms with van der Waals surface area (Å²) in [5.74, 6) is -2.70. The van der Waals surface area contributed by atoms with E-state index in [1.807, 2.05) is 0 Å². The molecule has 0 aromatic rings. The van der Waals surface area contributed by atoms with E-state index in [-0.39, 0.29) is 11.8 Å². The van der Waals surface area contributed by atoms with E-state index in [1.54, 1.807) is 13.8 Å². The third kappa shape index (κ3) is 7.28. The first kappa shape index (κ1) is 24.8. The third-order valence-corrected chi connectivity index (χ3v) is 5.10. The van der Waals surface area contributed by atoms with Gasteiger partial charge in [0.25, 0.3) is 0 Å². The van der Waals surface area contributed by atoms with Crippen LogP contribution in [-0.2, 0) is 19.2 Å². The number of carboxylic acid groups (broad SMARTS) is 1. The highest BCUT2D eigenvalue weighted by Crippen LogP contribution is 2.20. The Balaban J connectivity index is 2.77. The van der Waals surface area contributed by atoms with Crippen molar-refractivity contribution >= 4 is 23.7 Å². The Bertz CT molecular complexity index is 598. The highest BCUT2D eigenvalue weighted by Gasteiger charge is 2.38. The standard InChI is InChI=1S/C19H35N5O5/c1-11(2)15(17(26)22-12(3)19(28)29)23-16(25)14-8-6-10-24(14)18(27)13(21)7-4-5-9-20/h11-15H,4-10,20-21H2,1-3H3,(H,22,26)(H,23,25)(H,28,29). The molecule has 1 heterocycles. The van der Waals surface area contributed by atoms with Gasteiger partial charge in [-0.05, 0) is 45.1 Å². The van der Waals surface area contributed by atoms with Crippen LogP contribution in [0, 0.1) is 5.92 Å². The van der Waals surface area contributed by atoms with Crippen molar-refractivity contribution in [3.8, 4) is 0 Å². The third-order valence-electron chi connectivity index (χ3n) is 5.10. The number of unbranched alkanes of at least 4 members (excludes halogenated alkanes) is 1. The molecule has 0 radical (unpaired) electrons. The van der Waals surface area contributed by atoms with Crippen molar-refractivity contribution in [1.82, 2.24) is 15.5 Å². The van der Waals surface area contributed by atoms with Crippen LogP contribution in [0.1, 0.15) is 52.9 Å². The van der Waals surface area contributed by atoms with Gasteiger partial charge in [-0.25, -0.2) is 0 Å². The molecule has 0 aliphatic carbocycles. The van der Waals surface area contributed by atoms with E-state index in [1.165, 1.54) is 11.8 Å². The van der Waals surface area contributed by atoms with Gasteiger partial charge in [0, 0.05) is 6.54 Å². The molecular formula is C19H35N5O5. The fourth-order valence-electron chi connectivity index (χ4n) is 3.30. The summed E-state index contributed by atoms with van der Waals surface area (Å²) in [7, 11) is 0. The second-order valence-electron chi connectivity index (χ2n) is 7.88. The highest BCUT2D eigenvalue weighted by atomic mass is 16.4. The second kappa shape index (κ2) is 11.7. The van der Waals surface area contributed by atoms with Crippen LogP contribution < -0.4 is 22.1 Å². The van der Waals surface area contributed by atoms with Crippen LogP contribution in [-0.4, -0.2) is 71.0 Å². The van der Waals surface area contributed by atoms with E-state index >= 15 is 0 Å². The van der Waals surface area contributed by atoms with E-state index in [9.17, 15) is 19.2 Å². The molecule has 0 spiro atoms. The maximum Gasteiger partial charge on any atom is 0.325 e. The van der Waals surface area contributed by atoms with Gasteiger partial charge in [0.2, 0.25) is 17.7 Å². The monoisotopic (exact) mass is 413 g/mol. The fraction of sp³-hybridized carbons (Fsp3) is 0.789. The topological polar surface area (TPSA) is 168 Å². The van der Waals surface area contributed by atoms with E-state index in [2.05, 4.69) is 10.6 Å². The van der Waals surface area contributed by atoms with Crippen LogP contribution in [0.5, 0.6) is 0 Å². The predicted molar refractivity (Wildman–Crippen MR) is 108 cm³/mol. The second-order valence-corrected chi connectivity index (χ2v) is 7.88. The molecule has 29 heavy (non-hydrogen) atoms. The van der Waals surface area contributed by atoms with Gasteiger partial charge in [0.1, 0.15) is 18.1 Å². The average molecular weight is 414 g/mol. The quantitative estimate of drug-likeness (QED) is 0.275. The number of aliphatic carboxylic acids is 1. The lowest BCUT2D eigenvalue weighted by atomic mass is 10.0. The summed E-state index contributed by atoms with van der Waals surface area (Å²) < 4.78 is 0. The summed E-state index contributed by atoms with van der Waals surface area (Å²) >= 11 is 0. The van der Waals surface area contributed by atoms with Crippen molar-refractivity contribution in [3.63, 3.8) is 0 Å². The number of hydrogen-bond donors (Lipinski definition) is 5. The van der Waals surface area contributed by atoms with Crippen LogP contribution in [0.15, 0.2) is 0 Å². The number of carbonyl (C=O) groups excluding carboxylic acids is 3. The first-order valence-electron chi connectivity index (χ1n) is 10.2. The molecule has 0 aromatic carbocycles. The number of likely N-dealkylation sites (tertiary alicyclic amines) is 1. The molecule has 7 N–H and O–H groups in total. The minimum Gasteiger partial charge on any atom is -0.480 e. The average Bonchev–Trinajstić information content (AvgIpc) is 3.14. The van der Waals surface area contributed by atoms with Gasteiger partial charge in [-0.15, -0.1) is 0 Å². The number of nitrogens with one attached hydrogen (secondary N) is 2. The molecule has 1 fully saturated rings. The lowest BCUT2D eigenvalue weighted by Crippen LogP contribution is -2.57. The van der Waals surface area contributed by atoms with E-state index in [0.717, 1.165) is 12.8 Å². The molecule has 10 nitrogen and oxygen atoms in total. The van der Waals surface area contributed by atoms with Gasteiger partial charge in [-0.2, -0.15) is 0 Å². The maximum absolute atomic E-state index is 12.8. The van der Waals surface area contributed by atoms with Gasteiger partial charge in [-0.3, -0.25) is 19.2 Å². The number of carbonyl (C=O) groups is 4. The fourth-order valence-corrected chi connectivity index (χ4v) is 3.30. The first-order chi connectivity index (χ1) is 13.6. The zero-order chi connectivity index (χ0) is 22.1. The maximum atomic E-state index is 12.8. The summed E-state index contributed by atoms with van der Waals surface area (Å²) in [4.78, 5) is 50.4. The Kier molecular flexibility index (Phi) is 10.0. The molecule has 4 atom stereocenters. The minimum absolute atomic E-state index is 0.260. The molecule has 166 valence electrons. The van der Waals surface area contributed by atoms with E-state index in [0.29, 0.717) is 32.4 Å². The molecule has 3 amide bonds. The zero-order valence-electron chi connectivity index (χ0n) is 17.5. The van der Waals surface area contributed by atoms with Crippen molar-refractivity contribution in [3.05, 3.63) is 0 Å². The number of carboxylic acids is 1. The van der Waals surface area contributed by atoms with Gasteiger partial charge < -0.3 is 32.1 Å². The van der Waals surface area contributed by atoms with Crippen molar-refractivity contribution in [1.29, 1.82) is 0 Å². The number of nitrogens with zero attached hydrogens (tertiary/aromatic N) is 1. The van der Waals surface area contributed by atoms with Crippen LogP contribution in [0.25, 0.3) is 0 Å². The summed E-state index contributed by atoms with van der Waals surface area (Å²) in [6, 6.07) is -3.35. The van der Waals surface area contributed by atoms with Crippen molar-refractivity contribution < 1.29 is 24.3 Å². The van der Waals surface area contributed by atoms with Gasteiger partial charge in [0.05, 0.1) is 6.04 Å². The van der Waals surface area contributed by atoms with Gasteiger partial charge in [-0.1, -0.05) is 20.3 Å². The Morgan fingerprint density at radius 2 is 1.79 bits per heavy atom. The number of nitrogens with two attached hydrogens (primary N) is 2. The Morgan fingerprint density at radius 3 is 2.34 bits per heavy atom. The Morgan fingerprint density at radius 1 is 1.14 bits per heavy atom. The molecular weight excluding hydrogens is 378 g/mol. The highest BCUT2D eigenvalue weighted by molar-refractivity contribution is 5.94. The van der Waals surface area contributed by atoms with Crippen molar-refractivity contribution in [2.75, 3.05) is 13.1 Å². The van der Waals surface area contributed by atoms with Gasteiger partial charge >= 0.3 is 5.97 Å². The molecule has 1 saturated heterocycles. The predicted octanol–water partition coefficient (Wildman–Crippen LogP) is -0.836. The Labute approximate surface area is 171 Å². The molecule has 10 heteroatoms. The molecule has 1 rings (SSSR count). The summed E-state index contributed by atoms with van der Waals surface area (Å²) in [6.45, 7) is 5.83. The largest absolute Gasteiger partial charge is 0.480 e. The number of amides is 3. The van der Waals surface area contributed by atoms with Crippen LogP contribution >= 0.6 is 0 Å². The van der Waals surface area contributed by atoms with Crippen LogP contribution in [0.3, 0.4) is 0 Å². The van der Waals surface area contributed by atoms with E-state index < -0.39 is 42.0 Å². The lowest BCUT2D eigenvalue weighted by molar-refractivity contribution is -0.143. The first-order valence-corrected chi connectivity index (χ1v) is 10.2. The Hall–Kier alpha value is -2.20. The molecule has 4 unspecified atom stereocenters. The van der Waals surface area contributed by atoms with Crippen molar-refractivity contribution in [2.45, 2.75) is 77.0 Å². The molecule has 0 saturated carbocycles. The normalized spacial score (nSPS) is 19.5. The van der Waals surface area contributed by atoms with Crippen molar-refractivity contribution in [2.24, 2.45) is 17.4 Å². The summed E-state index contributed by atoms with van der Waals surface area (Å²) in [5, 5.41) is 14.0. The lowest BCUT2D eigenvalue weighted by Gasteiger charge is -2.29. The number of rotatable bonds is 11. The van der Waals surface area contributed by atoms with Crippen LogP contribution in [0.4, 0.5) is 0 Å². The SMILES string of the molecule is CC(NC(=O)C(NC(=O)C1CCCN1C(=O)C(N)CCCCN)C(C)C)C(=O)O. The van der Waals surface area contributed by atoms with Crippen LogP contribution in [0.2, 0.25) is 0 Å². The van der Waals surface area contributed by atoms with E-state index in [4.69, 9.17) is 16.6 Å². The summed E-state index contributed by atoms with van der Waals surface area (Å²) in [6.07, 6.45) is 3.19.